The number of halogens is 1. The van der Waals surface area contributed by atoms with E-state index in [1.807, 2.05) is 43.4 Å². The van der Waals surface area contributed by atoms with Crippen LogP contribution in [0.1, 0.15) is 37.3 Å². The number of benzene rings is 2. The van der Waals surface area contributed by atoms with Crippen molar-refractivity contribution >= 4 is 68.6 Å². The van der Waals surface area contributed by atoms with Crippen molar-refractivity contribution in [1.82, 2.24) is 34.9 Å². The second-order valence-electron chi connectivity index (χ2n) is 13.1. The molecule has 0 spiro atoms. The number of hydrogen-bond donors (Lipinski definition) is 3. The van der Waals surface area contributed by atoms with Crippen molar-refractivity contribution in [3.63, 3.8) is 0 Å². The van der Waals surface area contributed by atoms with E-state index in [1.54, 1.807) is 24.0 Å². The number of anilines is 3. The van der Waals surface area contributed by atoms with Crippen LogP contribution in [0.5, 0.6) is 11.5 Å². The summed E-state index contributed by atoms with van der Waals surface area (Å²) >= 11 is 6.55. The fraction of sp³-hybridized carbons (Fsp3) is 0.361. The molecule has 2 saturated heterocycles. The molecule has 16 heteroatoms. The van der Waals surface area contributed by atoms with E-state index < -0.39 is 5.92 Å². The molecular weight excluding hydrogens is 690 g/mol. The molecule has 7 rings (SSSR count). The van der Waals surface area contributed by atoms with Gasteiger partial charge >= 0.3 is 0 Å². The molecule has 1 unspecified atom stereocenters. The number of carbonyl (C=O) groups is 3. The molecule has 270 valence electrons. The third-order valence-corrected chi connectivity index (χ3v) is 9.81. The molecule has 3 N–H and O–H groups in total. The first-order valence-electron chi connectivity index (χ1n) is 17.0. The monoisotopic (exact) mass is 727 g/mol. The lowest BCUT2D eigenvalue weighted by Gasteiger charge is -2.32. The van der Waals surface area contributed by atoms with Gasteiger partial charge in [0.25, 0.3) is 11.5 Å². The van der Waals surface area contributed by atoms with E-state index in [4.69, 9.17) is 26.1 Å². The Labute approximate surface area is 303 Å². The van der Waals surface area contributed by atoms with Crippen LogP contribution in [0.25, 0.3) is 21.8 Å². The largest absolute Gasteiger partial charge is 0.493 e. The highest BCUT2D eigenvalue weighted by molar-refractivity contribution is 6.33. The molecule has 2 aliphatic heterocycles. The van der Waals surface area contributed by atoms with Gasteiger partial charge in [0.1, 0.15) is 10.8 Å². The van der Waals surface area contributed by atoms with Gasteiger partial charge in [-0.1, -0.05) is 11.6 Å². The number of nitrogens with one attached hydrogen (secondary N) is 3. The van der Waals surface area contributed by atoms with Gasteiger partial charge in [0.05, 0.1) is 35.4 Å². The van der Waals surface area contributed by atoms with Crippen molar-refractivity contribution < 1.29 is 23.9 Å². The Kier molecular flexibility index (Phi) is 9.69. The number of pyridine rings is 1. The van der Waals surface area contributed by atoms with E-state index in [2.05, 4.69) is 30.9 Å². The number of nitrogens with zero attached hydrogens (tertiary/aromatic N) is 6. The van der Waals surface area contributed by atoms with Crippen LogP contribution in [0, 0.1) is 5.92 Å². The molecule has 3 aromatic heterocycles. The lowest BCUT2D eigenvalue weighted by atomic mass is 9.93. The maximum atomic E-state index is 12.8. The fourth-order valence-corrected chi connectivity index (χ4v) is 6.89. The quantitative estimate of drug-likeness (QED) is 0.180. The van der Waals surface area contributed by atoms with Crippen LogP contribution in [-0.2, 0) is 28.5 Å². The number of aromatic nitrogens is 5. The average molecular weight is 728 g/mol. The van der Waals surface area contributed by atoms with Crippen LogP contribution in [0.3, 0.4) is 0 Å². The van der Waals surface area contributed by atoms with E-state index in [0.717, 1.165) is 35.7 Å². The van der Waals surface area contributed by atoms with Gasteiger partial charge in [-0.05, 0) is 55.7 Å². The molecule has 3 amide bonds. The number of fused-ring (bicyclic) bond motifs is 2. The summed E-state index contributed by atoms with van der Waals surface area (Å²) in [6.45, 7) is 1.70. The molecule has 52 heavy (non-hydrogen) atoms. The summed E-state index contributed by atoms with van der Waals surface area (Å²) in [5.74, 6) is 0.603. The zero-order chi connectivity index (χ0) is 36.5. The van der Waals surface area contributed by atoms with Gasteiger partial charge < -0.3 is 29.6 Å². The molecule has 2 fully saturated rings. The smallest absolute Gasteiger partial charge is 0.293 e. The maximum Gasteiger partial charge on any atom is 0.293 e. The predicted molar refractivity (Wildman–Crippen MR) is 195 cm³/mol. The van der Waals surface area contributed by atoms with Crippen molar-refractivity contribution in [3.05, 3.63) is 69.7 Å². The summed E-state index contributed by atoms with van der Waals surface area (Å²) in [6, 6.07) is 12.9. The minimum atomic E-state index is -0.466. The number of likely N-dealkylation sites (N-methyl/N-ethyl adjacent to an activating group) is 1. The van der Waals surface area contributed by atoms with Crippen molar-refractivity contribution in [2.24, 2.45) is 20.0 Å². The van der Waals surface area contributed by atoms with Crippen molar-refractivity contribution in [2.75, 3.05) is 43.6 Å². The van der Waals surface area contributed by atoms with Gasteiger partial charge in [0.15, 0.2) is 18.2 Å². The summed E-state index contributed by atoms with van der Waals surface area (Å²) in [4.78, 5) is 60.1. The van der Waals surface area contributed by atoms with E-state index >= 15 is 0 Å². The topological polar surface area (TPSA) is 175 Å². The Hall–Kier alpha value is -5.70. The van der Waals surface area contributed by atoms with Crippen molar-refractivity contribution in [3.8, 4) is 11.5 Å². The highest BCUT2D eigenvalue weighted by Gasteiger charge is 2.32. The van der Waals surface area contributed by atoms with E-state index in [0.29, 0.717) is 65.4 Å². The van der Waals surface area contributed by atoms with Crippen molar-refractivity contribution in [1.29, 1.82) is 0 Å². The molecule has 2 aromatic carbocycles. The zero-order valence-corrected chi connectivity index (χ0v) is 29.7. The zero-order valence-electron chi connectivity index (χ0n) is 28.9. The fourth-order valence-electron chi connectivity index (χ4n) is 6.75. The molecule has 0 saturated carbocycles. The number of rotatable bonds is 10. The van der Waals surface area contributed by atoms with Gasteiger partial charge in [-0.2, -0.15) is 10.1 Å². The SMILES string of the molecule is CNC(=O)COc1cc2cc(Nc3nc(N4CCC[C@H](COc5ccc6c(C7CCC(=O)NC7=O)nn(C)c6c5)C4)ncc3Cl)ccc2n(C)c1=O. The first-order valence-corrected chi connectivity index (χ1v) is 17.4. The second-order valence-corrected chi connectivity index (χ2v) is 13.5. The summed E-state index contributed by atoms with van der Waals surface area (Å²) in [5, 5.41) is 14.7. The minimum Gasteiger partial charge on any atom is -0.493 e. The molecule has 0 aliphatic carbocycles. The van der Waals surface area contributed by atoms with Crippen molar-refractivity contribution in [2.45, 2.75) is 31.6 Å². The summed E-state index contributed by atoms with van der Waals surface area (Å²) in [6.07, 6.45) is 4.23. The normalized spacial score (nSPS) is 17.7. The summed E-state index contributed by atoms with van der Waals surface area (Å²) < 4.78 is 15.0. The summed E-state index contributed by atoms with van der Waals surface area (Å²) in [7, 11) is 4.98. The van der Waals surface area contributed by atoms with Gasteiger partial charge in [-0.3, -0.25) is 29.2 Å². The number of carbonyl (C=O) groups excluding carboxylic acids is 3. The highest BCUT2D eigenvalue weighted by atomic mass is 35.5. The van der Waals surface area contributed by atoms with Crippen LogP contribution in [0.4, 0.5) is 17.5 Å². The standard InChI is InChI=1S/C36H38ClN9O6/c1-38-31(48)19-52-29-14-21-13-22(6-10-27(21)44(2)35(29)50)40-33-26(37)16-39-36(42-33)46-12-4-5-20(17-46)18-51-23-7-8-24-28(15-23)45(3)43-32(24)25-9-11-30(47)41-34(25)49/h6-8,10,13-16,20,25H,4-5,9,11-12,17-19H2,1-3H3,(H,38,48)(H,39,40,42)(H,41,47,49)/t20-,25?/m0/s1. The predicted octanol–water partition coefficient (Wildman–Crippen LogP) is 3.55. The van der Waals surface area contributed by atoms with E-state index in [-0.39, 0.29) is 41.6 Å². The third-order valence-electron chi connectivity index (χ3n) is 9.53. The lowest BCUT2D eigenvalue weighted by molar-refractivity contribution is -0.134. The molecule has 2 aliphatic rings. The number of hydrogen-bond acceptors (Lipinski definition) is 11. The Bertz CT molecular complexity index is 2270. The highest BCUT2D eigenvalue weighted by Crippen LogP contribution is 2.33. The van der Waals surface area contributed by atoms with Crippen LogP contribution < -0.4 is 35.9 Å². The number of ether oxygens (including phenoxy) is 2. The van der Waals surface area contributed by atoms with E-state index in [1.165, 1.54) is 11.6 Å². The number of piperidine rings is 2. The Balaban J connectivity index is 1.02. The Morgan fingerprint density at radius 3 is 2.71 bits per heavy atom. The Morgan fingerprint density at radius 2 is 1.90 bits per heavy atom. The number of imide groups is 1. The first kappa shape index (κ1) is 34.7. The molecule has 5 heterocycles. The molecule has 0 radical (unpaired) electrons. The average Bonchev–Trinajstić information content (AvgIpc) is 3.47. The second kappa shape index (κ2) is 14.5. The number of aryl methyl sites for hydroxylation is 2. The summed E-state index contributed by atoms with van der Waals surface area (Å²) in [5.41, 5.74) is 2.55. The van der Waals surface area contributed by atoms with Gasteiger partial charge in [0.2, 0.25) is 17.8 Å². The third kappa shape index (κ3) is 7.08. The van der Waals surface area contributed by atoms with Gasteiger partial charge in [-0.25, -0.2) is 4.98 Å². The molecular formula is C36H38ClN9O6. The Morgan fingerprint density at radius 1 is 1.06 bits per heavy atom. The van der Waals surface area contributed by atoms with Crippen LogP contribution >= 0.6 is 11.6 Å². The van der Waals surface area contributed by atoms with Gasteiger partial charge in [0, 0.05) is 69.1 Å². The maximum absolute atomic E-state index is 12.8. The molecule has 2 atom stereocenters. The minimum absolute atomic E-state index is 0.0678. The van der Waals surface area contributed by atoms with Gasteiger partial charge in [-0.15, -0.1) is 0 Å². The number of amides is 3. The molecule has 5 aromatic rings. The van der Waals surface area contributed by atoms with Crippen LogP contribution in [0.15, 0.2) is 53.5 Å². The van der Waals surface area contributed by atoms with Crippen LogP contribution in [0.2, 0.25) is 5.02 Å². The van der Waals surface area contributed by atoms with Crippen LogP contribution in [-0.4, -0.2) is 75.4 Å². The lowest BCUT2D eigenvalue weighted by Crippen LogP contribution is -2.39. The van der Waals surface area contributed by atoms with E-state index in [9.17, 15) is 19.2 Å². The molecule has 0 bridgehead atoms. The first-order chi connectivity index (χ1) is 25.1. The molecule has 15 nitrogen and oxygen atoms in total.